The average Bonchev–Trinajstić information content (AvgIpc) is 2.30. The van der Waals surface area contributed by atoms with Gasteiger partial charge in [-0.3, -0.25) is 0 Å². The largest absolute Gasteiger partial charge is 0.457 e. The van der Waals surface area contributed by atoms with Gasteiger partial charge in [-0.2, -0.15) is 5.26 Å². The van der Waals surface area contributed by atoms with Crippen molar-refractivity contribution in [2.75, 3.05) is 0 Å². The molecular weight excluding hydrogens is 236 g/mol. The van der Waals surface area contributed by atoms with Crippen LogP contribution in [0.5, 0.6) is 11.5 Å². The van der Waals surface area contributed by atoms with Crippen molar-refractivity contribution in [3.8, 4) is 17.6 Å². The fraction of sp³-hybridized carbons (Fsp3) is 0.0714. The SMILES string of the molecule is Cc1cc(C#N)ccc1Oc1cc(F)cc(F)c1. The summed E-state index contributed by atoms with van der Waals surface area (Å²) in [6.07, 6.45) is 0. The third-order valence-electron chi connectivity index (χ3n) is 2.37. The predicted molar refractivity (Wildman–Crippen MR) is 62.3 cm³/mol. The Bertz CT molecular complexity index is 612. The lowest BCUT2D eigenvalue weighted by Gasteiger charge is -2.09. The number of aryl methyl sites for hydroxylation is 1. The second-order valence-electron chi connectivity index (χ2n) is 3.80. The molecule has 0 atom stereocenters. The lowest BCUT2D eigenvalue weighted by molar-refractivity contribution is 0.465. The Balaban J connectivity index is 2.31. The smallest absolute Gasteiger partial charge is 0.133 e. The fourth-order valence-corrected chi connectivity index (χ4v) is 1.55. The first-order chi connectivity index (χ1) is 8.58. The van der Waals surface area contributed by atoms with Crippen LogP contribution in [0.3, 0.4) is 0 Å². The summed E-state index contributed by atoms with van der Waals surface area (Å²) in [4.78, 5) is 0. The first-order valence-corrected chi connectivity index (χ1v) is 5.23. The summed E-state index contributed by atoms with van der Waals surface area (Å²) in [5.74, 6) is -0.855. The van der Waals surface area contributed by atoms with Crippen molar-refractivity contribution < 1.29 is 13.5 Å². The second kappa shape index (κ2) is 4.84. The molecule has 0 aliphatic rings. The molecule has 0 aliphatic carbocycles. The van der Waals surface area contributed by atoms with Crippen LogP contribution in [0.4, 0.5) is 8.78 Å². The quantitative estimate of drug-likeness (QED) is 0.802. The van der Waals surface area contributed by atoms with Crippen molar-refractivity contribution >= 4 is 0 Å². The number of nitriles is 1. The van der Waals surface area contributed by atoms with Crippen LogP contribution >= 0.6 is 0 Å². The van der Waals surface area contributed by atoms with E-state index >= 15 is 0 Å². The van der Waals surface area contributed by atoms with Gasteiger partial charge in [-0.15, -0.1) is 0 Å². The molecule has 18 heavy (non-hydrogen) atoms. The third kappa shape index (κ3) is 2.64. The maximum Gasteiger partial charge on any atom is 0.133 e. The molecule has 2 aromatic carbocycles. The zero-order valence-electron chi connectivity index (χ0n) is 9.58. The predicted octanol–water partition coefficient (Wildman–Crippen LogP) is 3.94. The molecule has 90 valence electrons. The highest BCUT2D eigenvalue weighted by molar-refractivity contribution is 5.43. The molecule has 0 radical (unpaired) electrons. The molecule has 0 fully saturated rings. The highest BCUT2D eigenvalue weighted by Crippen LogP contribution is 2.26. The van der Waals surface area contributed by atoms with E-state index in [1.165, 1.54) is 0 Å². The van der Waals surface area contributed by atoms with Gasteiger partial charge in [0.05, 0.1) is 11.6 Å². The molecule has 2 aromatic rings. The van der Waals surface area contributed by atoms with Crippen LogP contribution in [-0.2, 0) is 0 Å². The van der Waals surface area contributed by atoms with Crippen LogP contribution in [0.15, 0.2) is 36.4 Å². The van der Waals surface area contributed by atoms with Gasteiger partial charge in [-0.1, -0.05) is 0 Å². The lowest BCUT2D eigenvalue weighted by Crippen LogP contribution is -1.90. The summed E-state index contributed by atoms with van der Waals surface area (Å²) in [5.41, 5.74) is 1.23. The van der Waals surface area contributed by atoms with Crippen molar-refractivity contribution in [3.05, 3.63) is 59.2 Å². The van der Waals surface area contributed by atoms with E-state index in [0.717, 1.165) is 23.8 Å². The summed E-state index contributed by atoms with van der Waals surface area (Å²) in [5, 5.41) is 8.73. The van der Waals surface area contributed by atoms with Crippen LogP contribution in [0.1, 0.15) is 11.1 Å². The maximum atomic E-state index is 13.0. The summed E-state index contributed by atoms with van der Waals surface area (Å²) < 4.78 is 31.4. The van der Waals surface area contributed by atoms with Crippen molar-refractivity contribution in [2.24, 2.45) is 0 Å². The zero-order chi connectivity index (χ0) is 13.1. The molecular formula is C14H9F2NO. The summed E-state index contributed by atoms with van der Waals surface area (Å²) >= 11 is 0. The summed E-state index contributed by atoms with van der Waals surface area (Å²) in [7, 11) is 0. The molecule has 2 rings (SSSR count). The first-order valence-electron chi connectivity index (χ1n) is 5.23. The van der Waals surface area contributed by atoms with E-state index in [1.807, 2.05) is 6.07 Å². The van der Waals surface area contributed by atoms with E-state index in [0.29, 0.717) is 11.3 Å². The highest BCUT2D eigenvalue weighted by atomic mass is 19.1. The van der Waals surface area contributed by atoms with Crippen LogP contribution in [0.25, 0.3) is 0 Å². The van der Waals surface area contributed by atoms with Gasteiger partial charge >= 0.3 is 0 Å². The normalized spacial score (nSPS) is 9.89. The molecule has 4 heteroatoms. The highest BCUT2D eigenvalue weighted by Gasteiger charge is 2.05. The Morgan fingerprint density at radius 3 is 2.28 bits per heavy atom. The van der Waals surface area contributed by atoms with Crippen LogP contribution in [-0.4, -0.2) is 0 Å². The lowest BCUT2D eigenvalue weighted by atomic mass is 10.1. The van der Waals surface area contributed by atoms with Gasteiger partial charge < -0.3 is 4.74 Å². The monoisotopic (exact) mass is 245 g/mol. The maximum absolute atomic E-state index is 13.0. The van der Waals surface area contributed by atoms with E-state index in [-0.39, 0.29) is 5.75 Å². The van der Waals surface area contributed by atoms with E-state index in [4.69, 9.17) is 10.00 Å². The van der Waals surface area contributed by atoms with E-state index in [1.54, 1.807) is 25.1 Å². The van der Waals surface area contributed by atoms with E-state index in [9.17, 15) is 8.78 Å². The Kier molecular flexibility index (Phi) is 3.24. The van der Waals surface area contributed by atoms with Crippen molar-refractivity contribution in [2.45, 2.75) is 6.92 Å². The van der Waals surface area contributed by atoms with Crippen molar-refractivity contribution in [1.82, 2.24) is 0 Å². The molecule has 0 bridgehead atoms. The van der Waals surface area contributed by atoms with Gasteiger partial charge in [0.15, 0.2) is 0 Å². The molecule has 0 heterocycles. The van der Waals surface area contributed by atoms with Gasteiger partial charge in [-0.05, 0) is 30.7 Å². The Morgan fingerprint density at radius 1 is 1.06 bits per heavy atom. The zero-order valence-corrected chi connectivity index (χ0v) is 9.58. The molecule has 0 aromatic heterocycles. The van der Waals surface area contributed by atoms with Gasteiger partial charge in [0.25, 0.3) is 0 Å². The molecule has 0 spiro atoms. The average molecular weight is 245 g/mol. The Morgan fingerprint density at radius 2 is 1.72 bits per heavy atom. The molecule has 0 amide bonds. The number of ether oxygens (including phenoxy) is 1. The second-order valence-corrected chi connectivity index (χ2v) is 3.80. The van der Waals surface area contributed by atoms with Gasteiger partial charge in [0, 0.05) is 18.2 Å². The standard InChI is InChI=1S/C14H9F2NO/c1-9-4-10(8-17)2-3-14(9)18-13-6-11(15)5-12(16)7-13/h2-7H,1H3. The number of nitrogens with zero attached hydrogens (tertiary/aromatic N) is 1. The minimum absolute atomic E-state index is 0.0836. The third-order valence-corrected chi connectivity index (χ3v) is 2.37. The molecule has 0 saturated heterocycles. The van der Waals surface area contributed by atoms with Crippen LogP contribution < -0.4 is 4.74 Å². The molecule has 0 unspecified atom stereocenters. The molecule has 0 saturated carbocycles. The van der Waals surface area contributed by atoms with Gasteiger partial charge in [0.2, 0.25) is 0 Å². The van der Waals surface area contributed by atoms with Gasteiger partial charge in [-0.25, -0.2) is 8.78 Å². The van der Waals surface area contributed by atoms with Crippen LogP contribution in [0, 0.1) is 29.9 Å². The number of hydrogen-bond acceptors (Lipinski definition) is 2. The minimum atomic E-state index is -0.698. The molecule has 0 N–H and O–H groups in total. The van der Waals surface area contributed by atoms with Crippen molar-refractivity contribution in [1.29, 1.82) is 5.26 Å². The minimum Gasteiger partial charge on any atom is -0.457 e. The Hall–Kier alpha value is -2.41. The summed E-state index contributed by atoms with van der Waals surface area (Å²) in [6.45, 7) is 1.76. The molecule has 2 nitrogen and oxygen atoms in total. The number of benzene rings is 2. The van der Waals surface area contributed by atoms with E-state index in [2.05, 4.69) is 0 Å². The van der Waals surface area contributed by atoms with E-state index < -0.39 is 11.6 Å². The topological polar surface area (TPSA) is 33.0 Å². The molecule has 0 aliphatic heterocycles. The van der Waals surface area contributed by atoms with Gasteiger partial charge in [0.1, 0.15) is 23.1 Å². The van der Waals surface area contributed by atoms with Crippen LogP contribution in [0.2, 0.25) is 0 Å². The number of rotatable bonds is 2. The van der Waals surface area contributed by atoms with Crippen molar-refractivity contribution in [3.63, 3.8) is 0 Å². The fourth-order valence-electron chi connectivity index (χ4n) is 1.55. The Labute approximate surface area is 103 Å². The number of hydrogen-bond donors (Lipinski definition) is 0. The first kappa shape index (κ1) is 12.1. The summed E-state index contributed by atoms with van der Waals surface area (Å²) in [6, 6.07) is 9.79. The number of halogens is 2.